The van der Waals surface area contributed by atoms with Crippen LogP contribution in [0.5, 0.6) is 0 Å². The van der Waals surface area contributed by atoms with Crippen LogP contribution in [-0.4, -0.2) is 10.1 Å². The van der Waals surface area contributed by atoms with Crippen LogP contribution in [0.3, 0.4) is 0 Å². The van der Waals surface area contributed by atoms with Gasteiger partial charge in [0.25, 0.3) is 0 Å². The molecule has 1 heterocycles. The molecule has 1 unspecified atom stereocenters. The van der Waals surface area contributed by atoms with Crippen LogP contribution >= 0.6 is 38.9 Å². The first kappa shape index (κ1) is 11.9. The van der Waals surface area contributed by atoms with Gasteiger partial charge >= 0.3 is 0 Å². The predicted octanol–water partition coefficient (Wildman–Crippen LogP) is 3.22. The summed E-state index contributed by atoms with van der Waals surface area (Å²) in [6.45, 7) is 0. The number of hydrogen-bond donors (Lipinski definition) is 2. The average molecular weight is 320 g/mol. The van der Waals surface area contributed by atoms with Gasteiger partial charge in [-0.2, -0.15) is 0 Å². The van der Waals surface area contributed by atoms with Crippen LogP contribution in [-0.2, 0) is 0 Å². The lowest BCUT2D eigenvalue weighted by Gasteiger charge is -2.09. The lowest BCUT2D eigenvalue weighted by atomic mass is 10.1. The molecular weight excluding hydrogens is 312 g/mol. The van der Waals surface area contributed by atoms with Crippen LogP contribution in [0, 0.1) is 0 Å². The van der Waals surface area contributed by atoms with Crippen molar-refractivity contribution in [3.63, 3.8) is 0 Å². The molecule has 0 fully saturated rings. The molecule has 6 heteroatoms. The van der Waals surface area contributed by atoms with Crippen molar-refractivity contribution in [3.8, 4) is 0 Å². The second kappa shape index (κ2) is 4.71. The third-order valence-electron chi connectivity index (χ3n) is 2.07. The first-order chi connectivity index (χ1) is 7.58. The number of benzene rings is 1. The number of anilines is 1. The molecule has 0 spiro atoms. The number of hydrogen-bond acceptors (Lipinski definition) is 4. The third kappa shape index (κ3) is 2.38. The van der Waals surface area contributed by atoms with Crippen molar-refractivity contribution >= 4 is 44.0 Å². The van der Waals surface area contributed by atoms with Crippen LogP contribution in [0.4, 0.5) is 5.13 Å². The summed E-state index contributed by atoms with van der Waals surface area (Å²) in [5.41, 5.74) is 6.26. The minimum absolute atomic E-state index is 0.446. The lowest BCUT2D eigenvalue weighted by Crippen LogP contribution is -1.96. The SMILES string of the molecule is Nc1ncc(C(O)c2ccc(Cl)c(Br)c2)s1. The molecule has 3 nitrogen and oxygen atoms in total. The van der Waals surface area contributed by atoms with E-state index in [9.17, 15) is 5.11 Å². The molecule has 0 saturated carbocycles. The Morgan fingerprint density at radius 2 is 2.25 bits per heavy atom. The molecule has 2 aromatic rings. The number of thiazole rings is 1. The van der Waals surface area contributed by atoms with Gasteiger partial charge in [-0.25, -0.2) is 4.98 Å². The number of aliphatic hydroxyl groups excluding tert-OH is 1. The van der Waals surface area contributed by atoms with Crippen molar-refractivity contribution < 1.29 is 5.11 Å². The van der Waals surface area contributed by atoms with E-state index in [1.165, 1.54) is 11.3 Å². The van der Waals surface area contributed by atoms with E-state index in [0.717, 1.165) is 10.0 Å². The van der Waals surface area contributed by atoms with Crippen molar-refractivity contribution in [1.82, 2.24) is 4.98 Å². The van der Waals surface area contributed by atoms with Gasteiger partial charge in [-0.3, -0.25) is 0 Å². The Bertz CT molecular complexity index is 517. The Morgan fingerprint density at radius 1 is 1.50 bits per heavy atom. The van der Waals surface area contributed by atoms with E-state index in [0.29, 0.717) is 15.0 Å². The van der Waals surface area contributed by atoms with Gasteiger partial charge in [0.1, 0.15) is 6.10 Å². The van der Waals surface area contributed by atoms with Crippen molar-refractivity contribution in [3.05, 3.63) is 44.3 Å². The van der Waals surface area contributed by atoms with Crippen LogP contribution in [0.15, 0.2) is 28.9 Å². The zero-order valence-electron chi connectivity index (χ0n) is 8.02. The molecule has 1 aromatic heterocycles. The highest BCUT2D eigenvalue weighted by molar-refractivity contribution is 9.10. The van der Waals surface area contributed by atoms with Gasteiger partial charge < -0.3 is 10.8 Å². The topological polar surface area (TPSA) is 59.1 Å². The summed E-state index contributed by atoms with van der Waals surface area (Å²) in [7, 11) is 0. The fourth-order valence-corrected chi connectivity index (χ4v) is 2.49. The van der Waals surface area contributed by atoms with E-state index in [-0.39, 0.29) is 0 Å². The Morgan fingerprint density at radius 3 is 2.81 bits per heavy atom. The highest BCUT2D eigenvalue weighted by Gasteiger charge is 2.14. The molecular formula is C10H8BrClN2OS. The fraction of sp³-hybridized carbons (Fsp3) is 0.100. The molecule has 0 bridgehead atoms. The number of halogens is 2. The Labute approximate surface area is 110 Å². The summed E-state index contributed by atoms with van der Waals surface area (Å²) in [6.07, 6.45) is 0.857. The highest BCUT2D eigenvalue weighted by Crippen LogP contribution is 2.31. The molecule has 1 aromatic carbocycles. The van der Waals surface area contributed by atoms with E-state index in [1.807, 2.05) is 0 Å². The maximum absolute atomic E-state index is 10.1. The smallest absolute Gasteiger partial charge is 0.180 e. The van der Waals surface area contributed by atoms with Crippen LogP contribution in [0.2, 0.25) is 5.02 Å². The first-order valence-electron chi connectivity index (χ1n) is 4.42. The molecule has 0 saturated heterocycles. The summed E-state index contributed by atoms with van der Waals surface area (Å²) in [6, 6.07) is 5.28. The van der Waals surface area contributed by atoms with Gasteiger partial charge in [0.05, 0.1) is 9.90 Å². The number of nitrogens with two attached hydrogens (primary N) is 1. The Hall–Kier alpha value is -0.620. The third-order valence-corrected chi connectivity index (χ3v) is 4.16. The minimum Gasteiger partial charge on any atom is -0.383 e. The summed E-state index contributed by atoms with van der Waals surface area (Å²) in [4.78, 5) is 4.62. The molecule has 0 amide bonds. The van der Waals surface area contributed by atoms with Gasteiger partial charge in [-0.1, -0.05) is 29.0 Å². The fourth-order valence-electron chi connectivity index (χ4n) is 1.27. The molecule has 0 radical (unpaired) electrons. The quantitative estimate of drug-likeness (QED) is 0.893. The van der Waals surface area contributed by atoms with Gasteiger partial charge in [-0.15, -0.1) is 0 Å². The van der Waals surface area contributed by atoms with E-state index in [1.54, 1.807) is 24.4 Å². The van der Waals surface area contributed by atoms with E-state index in [4.69, 9.17) is 17.3 Å². The van der Waals surface area contributed by atoms with E-state index < -0.39 is 6.10 Å². The Kier molecular flexibility index (Phi) is 3.49. The van der Waals surface area contributed by atoms with Gasteiger partial charge in [0.2, 0.25) is 0 Å². The number of aliphatic hydroxyl groups is 1. The zero-order valence-corrected chi connectivity index (χ0v) is 11.2. The molecule has 1 atom stereocenters. The maximum atomic E-state index is 10.1. The molecule has 3 N–H and O–H groups in total. The first-order valence-corrected chi connectivity index (χ1v) is 6.41. The van der Waals surface area contributed by atoms with E-state index >= 15 is 0 Å². The Balaban J connectivity index is 2.33. The van der Waals surface area contributed by atoms with Gasteiger partial charge in [-0.05, 0) is 33.6 Å². The van der Waals surface area contributed by atoms with Crippen molar-refractivity contribution in [2.24, 2.45) is 0 Å². The van der Waals surface area contributed by atoms with Gasteiger partial charge in [0.15, 0.2) is 5.13 Å². The number of rotatable bonds is 2. The van der Waals surface area contributed by atoms with Crippen LogP contribution < -0.4 is 5.73 Å². The normalized spacial score (nSPS) is 12.7. The largest absolute Gasteiger partial charge is 0.383 e. The van der Waals surface area contributed by atoms with Crippen molar-refractivity contribution in [2.45, 2.75) is 6.10 Å². The van der Waals surface area contributed by atoms with Crippen molar-refractivity contribution in [1.29, 1.82) is 0 Å². The maximum Gasteiger partial charge on any atom is 0.180 e. The molecule has 0 aliphatic rings. The molecule has 0 aliphatic heterocycles. The lowest BCUT2D eigenvalue weighted by molar-refractivity contribution is 0.224. The zero-order chi connectivity index (χ0) is 11.7. The summed E-state index contributed by atoms with van der Waals surface area (Å²) < 4.78 is 0.753. The van der Waals surface area contributed by atoms with Crippen LogP contribution in [0.25, 0.3) is 0 Å². The molecule has 84 valence electrons. The standard InChI is InChI=1S/C10H8BrClN2OS/c11-6-3-5(1-2-7(6)12)9(15)8-4-14-10(13)16-8/h1-4,9,15H,(H2,13,14). The second-order valence-corrected chi connectivity index (χ2v) is 5.53. The molecule has 2 rings (SSSR count). The minimum atomic E-state index is -0.719. The number of nitrogen functional groups attached to an aromatic ring is 1. The monoisotopic (exact) mass is 318 g/mol. The summed E-state index contributed by atoms with van der Waals surface area (Å²) in [5, 5.41) is 11.1. The average Bonchev–Trinajstić information content (AvgIpc) is 2.68. The predicted molar refractivity (Wildman–Crippen MR) is 69.7 cm³/mol. The second-order valence-electron chi connectivity index (χ2n) is 3.18. The van der Waals surface area contributed by atoms with Crippen LogP contribution in [0.1, 0.15) is 16.5 Å². The summed E-state index contributed by atoms with van der Waals surface area (Å²) >= 11 is 10.5. The number of aromatic nitrogens is 1. The van der Waals surface area contributed by atoms with E-state index in [2.05, 4.69) is 20.9 Å². The van der Waals surface area contributed by atoms with Crippen molar-refractivity contribution in [2.75, 3.05) is 5.73 Å². The highest BCUT2D eigenvalue weighted by atomic mass is 79.9. The molecule has 16 heavy (non-hydrogen) atoms. The number of nitrogens with zero attached hydrogens (tertiary/aromatic N) is 1. The summed E-state index contributed by atoms with van der Waals surface area (Å²) in [5.74, 6) is 0. The molecule has 0 aliphatic carbocycles. The van der Waals surface area contributed by atoms with Gasteiger partial charge in [0, 0.05) is 10.7 Å².